The molecule has 1 aromatic carbocycles. The number of hydrogen-bond acceptors (Lipinski definition) is 3. The number of carbonyl (C=O) groups is 1. The lowest BCUT2D eigenvalue weighted by atomic mass is 9.94. The summed E-state index contributed by atoms with van der Waals surface area (Å²) in [5.41, 5.74) is 2.85. The van der Waals surface area contributed by atoms with Crippen LogP contribution in [0, 0.1) is 0 Å². The second kappa shape index (κ2) is 5.44. The fourth-order valence-corrected chi connectivity index (χ4v) is 4.91. The van der Waals surface area contributed by atoms with Gasteiger partial charge in [0.1, 0.15) is 11.2 Å². The Bertz CT molecular complexity index is 772. The SMILES string of the molecule is O=C1NC(c2cccc(Cl)c2Cl)Nc2sc3c(c21)CCCC3. The Hall–Kier alpha value is -1.23. The van der Waals surface area contributed by atoms with Gasteiger partial charge >= 0.3 is 0 Å². The zero-order valence-electron chi connectivity index (χ0n) is 11.7. The maximum Gasteiger partial charge on any atom is 0.256 e. The molecule has 1 amide bonds. The summed E-state index contributed by atoms with van der Waals surface area (Å²) in [6.07, 6.45) is 4.10. The molecule has 0 spiro atoms. The molecular weight excluding hydrogens is 339 g/mol. The lowest BCUT2D eigenvalue weighted by molar-refractivity contribution is 0.0935. The highest BCUT2D eigenvalue weighted by molar-refractivity contribution is 7.16. The topological polar surface area (TPSA) is 41.1 Å². The summed E-state index contributed by atoms with van der Waals surface area (Å²) in [7, 11) is 0. The van der Waals surface area contributed by atoms with Crippen LogP contribution in [0.4, 0.5) is 5.00 Å². The maximum absolute atomic E-state index is 12.6. The average Bonchev–Trinajstić information content (AvgIpc) is 2.88. The number of aryl methyl sites for hydroxylation is 1. The molecule has 1 aliphatic heterocycles. The van der Waals surface area contributed by atoms with Gasteiger partial charge in [-0.2, -0.15) is 0 Å². The molecule has 1 aliphatic carbocycles. The molecule has 22 heavy (non-hydrogen) atoms. The van der Waals surface area contributed by atoms with Crippen LogP contribution in [0.3, 0.4) is 0 Å². The zero-order valence-corrected chi connectivity index (χ0v) is 14.0. The molecule has 0 bridgehead atoms. The summed E-state index contributed by atoms with van der Waals surface area (Å²) in [6.45, 7) is 0. The minimum atomic E-state index is -0.341. The fraction of sp³-hybridized carbons (Fsp3) is 0.312. The summed E-state index contributed by atoms with van der Waals surface area (Å²) >= 11 is 14.1. The van der Waals surface area contributed by atoms with Crippen molar-refractivity contribution in [1.29, 1.82) is 0 Å². The molecule has 114 valence electrons. The molecule has 1 unspecified atom stereocenters. The van der Waals surface area contributed by atoms with Gasteiger partial charge in [0.15, 0.2) is 0 Å². The molecule has 2 aromatic rings. The molecule has 6 heteroatoms. The third-order valence-corrected chi connectivity index (χ3v) is 6.30. The van der Waals surface area contributed by atoms with Crippen molar-refractivity contribution in [2.45, 2.75) is 31.8 Å². The Kier molecular flexibility index (Phi) is 3.56. The van der Waals surface area contributed by atoms with Crippen molar-refractivity contribution in [3.8, 4) is 0 Å². The van der Waals surface area contributed by atoms with Gasteiger partial charge in [0.05, 0.1) is 15.6 Å². The normalized spacial score (nSPS) is 19.9. The van der Waals surface area contributed by atoms with Crippen molar-refractivity contribution in [3.63, 3.8) is 0 Å². The van der Waals surface area contributed by atoms with Gasteiger partial charge in [-0.25, -0.2) is 0 Å². The third kappa shape index (κ3) is 2.21. The minimum absolute atomic E-state index is 0.0193. The minimum Gasteiger partial charge on any atom is -0.353 e. The molecular formula is C16H14Cl2N2OS. The van der Waals surface area contributed by atoms with Crippen LogP contribution in [0.2, 0.25) is 10.0 Å². The highest BCUT2D eigenvalue weighted by Crippen LogP contribution is 2.42. The molecule has 0 saturated carbocycles. The van der Waals surface area contributed by atoms with E-state index in [-0.39, 0.29) is 12.1 Å². The van der Waals surface area contributed by atoms with Crippen LogP contribution in [-0.4, -0.2) is 5.91 Å². The first-order chi connectivity index (χ1) is 10.6. The number of amides is 1. The lowest BCUT2D eigenvalue weighted by Gasteiger charge is -2.27. The number of benzene rings is 1. The van der Waals surface area contributed by atoms with Crippen molar-refractivity contribution in [2.75, 3.05) is 5.32 Å². The Morgan fingerprint density at radius 2 is 1.95 bits per heavy atom. The second-order valence-electron chi connectivity index (χ2n) is 5.61. The summed E-state index contributed by atoms with van der Waals surface area (Å²) in [5, 5.41) is 8.34. The Morgan fingerprint density at radius 1 is 1.14 bits per heavy atom. The number of hydrogen-bond donors (Lipinski definition) is 2. The first kappa shape index (κ1) is 14.4. The van der Waals surface area contributed by atoms with Gasteiger partial charge in [-0.05, 0) is 37.3 Å². The molecule has 2 heterocycles. The molecule has 1 atom stereocenters. The van der Waals surface area contributed by atoms with E-state index < -0.39 is 0 Å². The molecule has 0 fully saturated rings. The second-order valence-corrected chi connectivity index (χ2v) is 7.50. The van der Waals surface area contributed by atoms with Crippen LogP contribution in [-0.2, 0) is 12.8 Å². The van der Waals surface area contributed by atoms with Gasteiger partial charge in [-0.3, -0.25) is 4.79 Å². The predicted octanol–water partition coefficient (Wildman–Crippen LogP) is 4.79. The number of anilines is 1. The maximum atomic E-state index is 12.6. The van der Waals surface area contributed by atoms with Gasteiger partial charge in [0.25, 0.3) is 5.91 Å². The smallest absolute Gasteiger partial charge is 0.256 e. The van der Waals surface area contributed by atoms with Crippen molar-refractivity contribution in [1.82, 2.24) is 5.32 Å². The van der Waals surface area contributed by atoms with Gasteiger partial charge in [-0.15, -0.1) is 11.3 Å². The standard InChI is InChI=1S/C16H14Cl2N2OS/c17-10-6-3-5-9(13(10)18)14-19-15(21)12-8-4-1-2-7-11(8)22-16(12)20-14/h3,5-6,14,20H,1-2,4,7H2,(H,19,21). The number of rotatable bonds is 1. The first-order valence-electron chi connectivity index (χ1n) is 7.31. The van der Waals surface area contributed by atoms with E-state index in [9.17, 15) is 4.79 Å². The zero-order chi connectivity index (χ0) is 15.3. The van der Waals surface area contributed by atoms with E-state index in [1.54, 1.807) is 17.4 Å². The predicted molar refractivity (Wildman–Crippen MR) is 91.3 cm³/mol. The largest absolute Gasteiger partial charge is 0.353 e. The van der Waals surface area contributed by atoms with Gasteiger partial charge in [-0.1, -0.05) is 35.3 Å². The molecule has 4 rings (SSSR count). The van der Waals surface area contributed by atoms with Crippen molar-refractivity contribution >= 4 is 45.4 Å². The van der Waals surface area contributed by atoms with E-state index in [0.717, 1.165) is 35.4 Å². The third-order valence-electron chi connectivity index (χ3n) is 4.24. The van der Waals surface area contributed by atoms with Crippen LogP contribution >= 0.6 is 34.5 Å². The molecule has 0 saturated heterocycles. The fourth-order valence-electron chi connectivity index (χ4n) is 3.18. The quantitative estimate of drug-likeness (QED) is 0.774. The number of carbonyl (C=O) groups excluding carboxylic acids is 1. The van der Waals surface area contributed by atoms with Crippen LogP contribution in [0.5, 0.6) is 0 Å². The van der Waals surface area contributed by atoms with Gasteiger partial charge in [0.2, 0.25) is 0 Å². The number of halogens is 2. The summed E-state index contributed by atoms with van der Waals surface area (Å²) < 4.78 is 0. The van der Waals surface area contributed by atoms with Crippen molar-refractivity contribution in [3.05, 3.63) is 49.8 Å². The van der Waals surface area contributed by atoms with E-state index in [1.165, 1.54) is 16.9 Å². The summed E-state index contributed by atoms with van der Waals surface area (Å²) in [6, 6.07) is 5.46. The molecule has 2 aliphatic rings. The Balaban J connectivity index is 1.75. The van der Waals surface area contributed by atoms with Gasteiger partial charge in [0, 0.05) is 10.4 Å². The monoisotopic (exact) mass is 352 g/mol. The van der Waals surface area contributed by atoms with Crippen LogP contribution in [0.1, 0.15) is 45.4 Å². The molecule has 1 aromatic heterocycles. The average molecular weight is 353 g/mol. The Labute approximate surface area is 142 Å². The number of thiophene rings is 1. The molecule has 0 radical (unpaired) electrons. The molecule has 2 N–H and O–H groups in total. The number of fused-ring (bicyclic) bond motifs is 3. The van der Waals surface area contributed by atoms with E-state index >= 15 is 0 Å². The molecule has 3 nitrogen and oxygen atoms in total. The lowest BCUT2D eigenvalue weighted by Crippen LogP contribution is -2.38. The Morgan fingerprint density at radius 3 is 2.82 bits per heavy atom. The van der Waals surface area contributed by atoms with Crippen molar-refractivity contribution < 1.29 is 4.79 Å². The first-order valence-corrected chi connectivity index (χ1v) is 8.88. The summed E-state index contributed by atoms with van der Waals surface area (Å²) in [5.74, 6) is -0.0193. The van der Waals surface area contributed by atoms with Gasteiger partial charge < -0.3 is 10.6 Å². The van der Waals surface area contributed by atoms with E-state index in [0.29, 0.717) is 10.0 Å². The van der Waals surface area contributed by atoms with E-state index in [4.69, 9.17) is 23.2 Å². The summed E-state index contributed by atoms with van der Waals surface area (Å²) in [4.78, 5) is 13.9. The number of nitrogens with one attached hydrogen (secondary N) is 2. The van der Waals surface area contributed by atoms with Crippen molar-refractivity contribution in [2.24, 2.45) is 0 Å². The van der Waals surface area contributed by atoms with Crippen LogP contribution < -0.4 is 10.6 Å². The van der Waals surface area contributed by atoms with E-state index in [2.05, 4.69) is 10.6 Å². The highest BCUT2D eigenvalue weighted by Gasteiger charge is 2.32. The van der Waals surface area contributed by atoms with E-state index in [1.807, 2.05) is 12.1 Å². The van der Waals surface area contributed by atoms with Crippen LogP contribution in [0.15, 0.2) is 18.2 Å². The van der Waals surface area contributed by atoms with Crippen LogP contribution in [0.25, 0.3) is 0 Å². The highest BCUT2D eigenvalue weighted by atomic mass is 35.5.